The first kappa shape index (κ1) is 14.9. The zero-order valence-electron chi connectivity index (χ0n) is 11.0. The van der Waals surface area contributed by atoms with Crippen LogP contribution in [0.4, 0.5) is 8.78 Å². The Bertz CT molecular complexity index is 590. The van der Waals surface area contributed by atoms with E-state index in [0.29, 0.717) is 23.6 Å². The Kier molecular flexibility index (Phi) is 5.04. The van der Waals surface area contributed by atoms with Gasteiger partial charge in [-0.1, -0.05) is 18.5 Å². The second kappa shape index (κ2) is 6.77. The van der Waals surface area contributed by atoms with Crippen LogP contribution in [0, 0.1) is 11.6 Å². The highest BCUT2D eigenvalue weighted by molar-refractivity contribution is 6.31. The normalized spacial score (nSPS) is 12.4. The van der Waals surface area contributed by atoms with Gasteiger partial charge in [0.05, 0.1) is 5.02 Å². The third-order valence-corrected chi connectivity index (χ3v) is 3.38. The molecule has 1 unspecified atom stereocenters. The van der Waals surface area contributed by atoms with E-state index < -0.39 is 11.6 Å². The average molecular weight is 297 g/mol. The van der Waals surface area contributed by atoms with Crippen molar-refractivity contribution in [3.05, 3.63) is 64.4 Å². The van der Waals surface area contributed by atoms with Crippen LogP contribution in [-0.4, -0.2) is 11.5 Å². The van der Waals surface area contributed by atoms with Crippen molar-refractivity contribution in [1.82, 2.24) is 10.3 Å². The number of hydrogen-bond acceptors (Lipinski definition) is 2. The van der Waals surface area contributed by atoms with Crippen molar-refractivity contribution in [2.24, 2.45) is 0 Å². The minimum absolute atomic E-state index is 0.188. The van der Waals surface area contributed by atoms with Crippen molar-refractivity contribution in [3.63, 3.8) is 0 Å². The van der Waals surface area contributed by atoms with Gasteiger partial charge in [-0.15, -0.1) is 0 Å². The Labute approximate surface area is 121 Å². The summed E-state index contributed by atoms with van der Waals surface area (Å²) in [5, 5.41) is 3.74. The fourth-order valence-corrected chi connectivity index (χ4v) is 2.38. The second-order valence-corrected chi connectivity index (χ2v) is 4.85. The summed E-state index contributed by atoms with van der Waals surface area (Å²) in [5.41, 5.74) is 1.15. The van der Waals surface area contributed by atoms with Gasteiger partial charge in [0.2, 0.25) is 0 Å². The molecule has 0 radical (unpaired) electrons. The van der Waals surface area contributed by atoms with E-state index in [0.717, 1.165) is 17.7 Å². The number of pyridine rings is 1. The lowest BCUT2D eigenvalue weighted by Gasteiger charge is -2.19. The van der Waals surface area contributed by atoms with E-state index in [1.54, 1.807) is 18.5 Å². The molecule has 0 aliphatic carbocycles. The lowest BCUT2D eigenvalue weighted by Crippen LogP contribution is -2.23. The summed E-state index contributed by atoms with van der Waals surface area (Å²) in [6.45, 7) is 2.64. The minimum atomic E-state index is -0.447. The van der Waals surface area contributed by atoms with E-state index in [9.17, 15) is 8.78 Å². The zero-order valence-corrected chi connectivity index (χ0v) is 11.8. The lowest BCUT2D eigenvalue weighted by atomic mass is 9.99. The zero-order chi connectivity index (χ0) is 14.5. The summed E-state index contributed by atoms with van der Waals surface area (Å²) in [7, 11) is 0. The number of halogens is 3. The van der Waals surface area contributed by atoms with Gasteiger partial charge in [0, 0.05) is 18.4 Å². The van der Waals surface area contributed by atoms with Crippen molar-refractivity contribution < 1.29 is 8.78 Å². The van der Waals surface area contributed by atoms with E-state index in [1.165, 1.54) is 6.07 Å². The summed E-state index contributed by atoms with van der Waals surface area (Å²) in [6, 6.07) is 5.07. The van der Waals surface area contributed by atoms with Gasteiger partial charge >= 0.3 is 0 Å². The number of nitrogens with zero attached hydrogens (tertiary/aromatic N) is 1. The maximum Gasteiger partial charge on any atom is 0.126 e. The highest BCUT2D eigenvalue weighted by Crippen LogP contribution is 2.26. The monoisotopic (exact) mass is 296 g/mol. The van der Waals surface area contributed by atoms with Crippen molar-refractivity contribution in [3.8, 4) is 0 Å². The molecule has 1 aromatic carbocycles. The van der Waals surface area contributed by atoms with Crippen LogP contribution in [0.25, 0.3) is 0 Å². The van der Waals surface area contributed by atoms with Gasteiger partial charge < -0.3 is 5.32 Å². The Morgan fingerprint density at radius 3 is 2.80 bits per heavy atom. The molecule has 2 nitrogen and oxygen atoms in total. The third kappa shape index (κ3) is 3.52. The predicted octanol–water partition coefficient (Wildman–Crippen LogP) is 3.91. The molecule has 0 saturated carbocycles. The van der Waals surface area contributed by atoms with Gasteiger partial charge in [-0.25, -0.2) is 8.78 Å². The van der Waals surface area contributed by atoms with Gasteiger partial charge in [-0.3, -0.25) is 4.98 Å². The summed E-state index contributed by atoms with van der Waals surface area (Å²) in [5.74, 6) is -0.864. The molecule has 0 bridgehead atoms. The second-order valence-electron chi connectivity index (χ2n) is 4.45. The van der Waals surface area contributed by atoms with Crippen LogP contribution in [0.5, 0.6) is 0 Å². The number of rotatable bonds is 5. The molecule has 1 aromatic heterocycles. The molecule has 2 aromatic rings. The SMILES string of the molecule is CCNC(Cc1cc(F)ccc1F)c1ccncc1Cl. The Morgan fingerprint density at radius 2 is 2.10 bits per heavy atom. The molecule has 1 atom stereocenters. The molecule has 0 aliphatic heterocycles. The fourth-order valence-electron chi connectivity index (χ4n) is 2.13. The maximum atomic E-state index is 13.7. The van der Waals surface area contributed by atoms with E-state index >= 15 is 0 Å². The van der Waals surface area contributed by atoms with Gasteiger partial charge in [-0.2, -0.15) is 0 Å². The Hall–Kier alpha value is -1.52. The molecule has 1 N–H and O–H groups in total. The highest BCUT2D eigenvalue weighted by atomic mass is 35.5. The molecule has 1 heterocycles. The van der Waals surface area contributed by atoms with Crippen molar-refractivity contribution >= 4 is 11.6 Å². The summed E-state index contributed by atoms with van der Waals surface area (Å²) < 4.78 is 27.0. The number of nitrogens with one attached hydrogen (secondary N) is 1. The largest absolute Gasteiger partial charge is 0.310 e. The Balaban J connectivity index is 2.30. The van der Waals surface area contributed by atoms with Gasteiger partial charge in [0.1, 0.15) is 11.6 Å². The summed E-state index contributed by atoms with van der Waals surface area (Å²) in [6.07, 6.45) is 3.50. The summed E-state index contributed by atoms with van der Waals surface area (Å²) >= 11 is 6.12. The first-order valence-corrected chi connectivity index (χ1v) is 6.76. The topological polar surface area (TPSA) is 24.9 Å². The number of aromatic nitrogens is 1. The smallest absolute Gasteiger partial charge is 0.126 e. The van der Waals surface area contributed by atoms with Crippen LogP contribution in [0.15, 0.2) is 36.7 Å². The molecular weight excluding hydrogens is 282 g/mol. The maximum absolute atomic E-state index is 13.7. The van der Waals surface area contributed by atoms with Crippen LogP contribution in [-0.2, 0) is 6.42 Å². The quantitative estimate of drug-likeness (QED) is 0.905. The van der Waals surface area contributed by atoms with E-state index in [1.807, 2.05) is 6.92 Å². The van der Waals surface area contributed by atoms with E-state index in [-0.39, 0.29) is 6.04 Å². The number of likely N-dealkylation sites (N-methyl/N-ethyl adjacent to an activating group) is 1. The standard InChI is InChI=1S/C15H15ClF2N2/c1-2-20-15(12-5-6-19-9-13(12)16)8-10-7-11(17)3-4-14(10)18/h3-7,9,15,20H,2,8H2,1H3. The molecule has 2 rings (SSSR count). The van der Waals surface area contributed by atoms with Crippen molar-refractivity contribution in [1.29, 1.82) is 0 Å². The van der Waals surface area contributed by atoms with E-state index in [2.05, 4.69) is 10.3 Å². The molecule has 20 heavy (non-hydrogen) atoms. The average Bonchev–Trinajstić information content (AvgIpc) is 2.43. The van der Waals surface area contributed by atoms with Crippen molar-refractivity contribution in [2.75, 3.05) is 6.54 Å². The fraction of sp³-hybridized carbons (Fsp3) is 0.267. The molecule has 0 fully saturated rings. The molecule has 0 saturated heterocycles. The first-order chi connectivity index (χ1) is 9.61. The number of benzene rings is 1. The molecule has 106 valence electrons. The van der Waals surface area contributed by atoms with Crippen LogP contribution in [0.1, 0.15) is 24.1 Å². The first-order valence-electron chi connectivity index (χ1n) is 6.38. The molecule has 0 spiro atoms. The van der Waals surface area contributed by atoms with Gasteiger partial charge in [0.15, 0.2) is 0 Å². The predicted molar refractivity (Wildman–Crippen MR) is 75.7 cm³/mol. The third-order valence-electron chi connectivity index (χ3n) is 3.06. The van der Waals surface area contributed by atoms with Crippen LogP contribution >= 0.6 is 11.6 Å². The van der Waals surface area contributed by atoms with Crippen molar-refractivity contribution in [2.45, 2.75) is 19.4 Å². The van der Waals surface area contributed by atoms with Crippen LogP contribution in [0.2, 0.25) is 5.02 Å². The van der Waals surface area contributed by atoms with E-state index in [4.69, 9.17) is 11.6 Å². The molecule has 0 aliphatic rings. The van der Waals surface area contributed by atoms with Crippen LogP contribution < -0.4 is 5.32 Å². The number of hydrogen-bond donors (Lipinski definition) is 1. The molecule has 5 heteroatoms. The summed E-state index contributed by atoms with van der Waals surface area (Å²) in [4.78, 5) is 3.93. The molecular formula is C15H15ClF2N2. The Morgan fingerprint density at radius 1 is 1.30 bits per heavy atom. The highest BCUT2D eigenvalue weighted by Gasteiger charge is 2.16. The lowest BCUT2D eigenvalue weighted by molar-refractivity contribution is 0.522. The minimum Gasteiger partial charge on any atom is -0.310 e. The van der Waals surface area contributed by atoms with Crippen LogP contribution in [0.3, 0.4) is 0 Å². The van der Waals surface area contributed by atoms with Gasteiger partial charge in [-0.05, 0) is 48.4 Å². The van der Waals surface area contributed by atoms with Gasteiger partial charge in [0.25, 0.3) is 0 Å². The molecule has 0 amide bonds.